The van der Waals surface area contributed by atoms with E-state index in [0.717, 1.165) is 5.69 Å². The second-order valence-corrected chi connectivity index (χ2v) is 10.0. The fraction of sp³-hybridized carbons (Fsp3) is 0.421. The van der Waals surface area contributed by atoms with E-state index in [2.05, 4.69) is 15.0 Å². The van der Waals surface area contributed by atoms with Crippen molar-refractivity contribution in [2.24, 2.45) is 5.92 Å². The molecule has 1 aliphatic rings. The van der Waals surface area contributed by atoms with Crippen molar-refractivity contribution in [3.05, 3.63) is 40.4 Å². The van der Waals surface area contributed by atoms with E-state index in [0.29, 0.717) is 31.1 Å². The molecule has 2 heterocycles. The number of sulfonamides is 1. The van der Waals surface area contributed by atoms with Crippen LogP contribution in [0.25, 0.3) is 0 Å². The Bertz CT molecular complexity index is 1020. The largest absolute Gasteiger partial charge is 0.343 e. The average molecular weight is 471 g/mol. The number of anilines is 1. The predicted octanol–water partition coefficient (Wildman–Crippen LogP) is 2.65. The standard InChI is InChI=1S/C19H23ClN4O4S2/c1-13-12-29-19(22-13)23-18(26)14-7-10-24(11-8-14)17(25)6-9-21-30(27,28)16-5-3-2-4-15(16)20/h2-5,12,14,21H,6-11H2,1H3,(H,22,23,26). The highest BCUT2D eigenvalue weighted by Crippen LogP contribution is 2.22. The topological polar surface area (TPSA) is 108 Å². The molecule has 0 atom stereocenters. The first-order valence-corrected chi connectivity index (χ1v) is 12.3. The lowest BCUT2D eigenvalue weighted by Gasteiger charge is -2.31. The van der Waals surface area contributed by atoms with Gasteiger partial charge in [0.2, 0.25) is 21.8 Å². The summed E-state index contributed by atoms with van der Waals surface area (Å²) < 4.78 is 27.0. The number of benzene rings is 1. The van der Waals surface area contributed by atoms with Crippen molar-refractivity contribution < 1.29 is 18.0 Å². The summed E-state index contributed by atoms with van der Waals surface area (Å²) >= 11 is 7.32. The number of piperidine rings is 1. The highest BCUT2D eigenvalue weighted by Gasteiger charge is 2.28. The SMILES string of the molecule is Cc1csc(NC(=O)C2CCN(C(=O)CCNS(=O)(=O)c3ccccc3Cl)CC2)n1. The third-order valence-electron chi connectivity index (χ3n) is 4.82. The molecule has 1 fully saturated rings. The van der Waals surface area contributed by atoms with Gasteiger partial charge in [-0.25, -0.2) is 18.1 Å². The first-order valence-electron chi connectivity index (χ1n) is 9.51. The molecule has 11 heteroatoms. The van der Waals surface area contributed by atoms with Gasteiger partial charge in [-0.2, -0.15) is 0 Å². The van der Waals surface area contributed by atoms with E-state index >= 15 is 0 Å². The molecule has 2 aromatic rings. The average Bonchev–Trinajstić information content (AvgIpc) is 3.12. The Morgan fingerprint density at radius 1 is 1.27 bits per heavy atom. The third-order valence-corrected chi connectivity index (χ3v) is 7.66. The number of halogens is 1. The van der Waals surface area contributed by atoms with Crippen molar-refractivity contribution in [1.29, 1.82) is 0 Å². The lowest BCUT2D eigenvalue weighted by Crippen LogP contribution is -2.42. The number of carbonyl (C=O) groups excluding carboxylic acids is 2. The third kappa shape index (κ3) is 5.78. The molecular weight excluding hydrogens is 448 g/mol. The zero-order valence-electron chi connectivity index (χ0n) is 16.4. The van der Waals surface area contributed by atoms with E-state index < -0.39 is 10.0 Å². The molecular formula is C19H23ClN4O4S2. The summed E-state index contributed by atoms with van der Waals surface area (Å²) in [7, 11) is -3.78. The number of nitrogens with one attached hydrogen (secondary N) is 2. The van der Waals surface area contributed by atoms with E-state index in [1.165, 1.54) is 23.5 Å². The monoisotopic (exact) mass is 470 g/mol. The van der Waals surface area contributed by atoms with Crippen LogP contribution in [0.2, 0.25) is 5.02 Å². The summed E-state index contributed by atoms with van der Waals surface area (Å²) in [6.07, 6.45) is 1.17. The van der Waals surface area contributed by atoms with Crippen LogP contribution in [-0.4, -0.2) is 49.8 Å². The normalized spacial score (nSPS) is 15.2. The van der Waals surface area contributed by atoms with Gasteiger partial charge < -0.3 is 10.2 Å². The van der Waals surface area contributed by atoms with Gasteiger partial charge in [0.25, 0.3) is 0 Å². The quantitative estimate of drug-likeness (QED) is 0.646. The molecule has 1 aromatic heterocycles. The molecule has 1 saturated heterocycles. The fourth-order valence-electron chi connectivity index (χ4n) is 3.20. The Morgan fingerprint density at radius 3 is 2.60 bits per heavy atom. The molecule has 0 bridgehead atoms. The zero-order valence-corrected chi connectivity index (χ0v) is 18.8. The molecule has 1 aliphatic heterocycles. The lowest BCUT2D eigenvalue weighted by molar-refractivity contribution is -0.134. The van der Waals surface area contributed by atoms with Crippen molar-refractivity contribution >= 4 is 49.9 Å². The molecule has 2 amide bonds. The highest BCUT2D eigenvalue weighted by molar-refractivity contribution is 7.89. The van der Waals surface area contributed by atoms with Crippen LogP contribution in [0.3, 0.4) is 0 Å². The maximum absolute atomic E-state index is 12.4. The van der Waals surface area contributed by atoms with Crippen molar-refractivity contribution in [3.8, 4) is 0 Å². The number of carbonyl (C=O) groups is 2. The van der Waals surface area contributed by atoms with Crippen LogP contribution in [0.4, 0.5) is 5.13 Å². The number of nitrogens with zero attached hydrogens (tertiary/aromatic N) is 2. The van der Waals surface area contributed by atoms with Crippen LogP contribution in [-0.2, 0) is 19.6 Å². The Hall–Kier alpha value is -2.01. The minimum atomic E-state index is -3.78. The zero-order chi connectivity index (χ0) is 21.7. The van der Waals surface area contributed by atoms with Gasteiger partial charge in [0.05, 0.1) is 10.7 Å². The second-order valence-electron chi connectivity index (χ2n) is 7.02. The molecule has 1 aromatic carbocycles. The van der Waals surface area contributed by atoms with Crippen LogP contribution in [0, 0.1) is 12.8 Å². The summed E-state index contributed by atoms with van der Waals surface area (Å²) in [5.74, 6) is -0.396. The van der Waals surface area contributed by atoms with E-state index in [-0.39, 0.29) is 40.6 Å². The van der Waals surface area contributed by atoms with Crippen molar-refractivity contribution in [3.63, 3.8) is 0 Å². The highest BCUT2D eigenvalue weighted by atomic mass is 35.5. The maximum Gasteiger partial charge on any atom is 0.242 e. The van der Waals surface area contributed by atoms with E-state index in [1.54, 1.807) is 17.0 Å². The molecule has 0 radical (unpaired) electrons. The minimum Gasteiger partial charge on any atom is -0.343 e. The van der Waals surface area contributed by atoms with Crippen molar-refractivity contribution in [1.82, 2.24) is 14.6 Å². The lowest BCUT2D eigenvalue weighted by atomic mass is 9.96. The number of aromatic nitrogens is 1. The second kappa shape index (κ2) is 9.86. The summed E-state index contributed by atoms with van der Waals surface area (Å²) in [6, 6.07) is 6.14. The smallest absolute Gasteiger partial charge is 0.242 e. The Morgan fingerprint density at radius 2 is 1.97 bits per heavy atom. The van der Waals surface area contributed by atoms with Gasteiger partial charge in [-0.15, -0.1) is 11.3 Å². The van der Waals surface area contributed by atoms with E-state index in [9.17, 15) is 18.0 Å². The summed E-state index contributed by atoms with van der Waals surface area (Å²) in [4.78, 5) is 30.7. The minimum absolute atomic E-state index is 0.0126. The number of hydrogen-bond acceptors (Lipinski definition) is 6. The predicted molar refractivity (Wildman–Crippen MR) is 116 cm³/mol. The van der Waals surface area contributed by atoms with Crippen LogP contribution < -0.4 is 10.0 Å². The Kier molecular flexibility index (Phi) is 7.45. The van der Waals surface area contributed by atoms with Gasteiger partial charge in [-0.3, -0.25) is 9.59 Å². The molecule has 0 spiro atoms. The van der Waals surface area contributed by atoms with Gasteiger partial charge in [0.15, 0.2) is 5.13 Å². The Labute approximate surface area is 184 Å². The summed E-state index contributed by atoms with van der Waals surface area (Å²) in [5, 5.41) is 5.41. The number of thiazole rings is 1. The molecule has 0 unspecified atom stereocenters. The van der Waals surface area contributed by atoms with Crippen molar-refractivity contribution in [2.75, 3.05) is 25.0 Å². The number of likely N-dealkylation sites (tertiary alicyclic amines) is 1. The number of amides is 2. The molecule has 162 valence electrons. The van der Waals surface area contributed by atoms with Crippen molar-refractivity contribution in [2.45, 2.75) is 31.1 Å². The Balaban J connectivity index is 1.43. The van der Waals surface area contributed by atoms with Gasteiger partial charge >= 0.3 is 0 Å². The number of rotatable bonds is 7. The fourth-order valence-corrected chi connectivity index (χ4v) is 5.44. The number of aryl methyl sites for hydroxylation is 1. The summed E-state index contributed by atoms with van der Waals surface area (Å²) in [6.45, 7) is 2.77. The molecule has 0 aliphatic carbocycles. The molecule has 0 saturated carbocycles. The molecule has 3 rings (SSSR count). The number of hydrogen-bond donors (Lipinski definition) is 2. The van der Waals surface area contributed by atoms with Crippen LogP contribution in [0.5, 0.6) is 0 Å². The first kappa shape index (κ1) is 22.7. The van der Waals surface area contributed by atoms with Gasteiger partial charge in [0.1, 0.15) is 4.90 Å². The molecule has 2 N–H and O–H groups in total. The van der Waals surface area contributed by atoms with Crippen LogP contribution >= 0.6 is 22.9 Å². The first-order chi connectivity index (χ1) is 14.3. The summed E-state index contributed by atoms with van der Waals surface area (Å²) in [5.41, 5.74) is 0.862. The molecule has 30 heavy (non-hydrogen) atoms. The maximum atomic E-state index is 12.4. The van der Waals surface area contributed by atoms with E-state index in [1.807, 2.05) is 12.3 Å². The van der Waals surface area contributed by atoms with E-state index in [4.69, 9.17) is 11.6 Å². The van der Waals surface area contributed by atoms with Gasteiger partial charge in [0, 0.05) is 37.4 Å². The molecule has 8 nitrogen and oxygen atoms in total. The van der Waals surface area contributed by atoms with Crippen LogP contribution in [0.1, 0.15) is 25.0 Å². The van der Waals surface area contributed by atoms with Gasteiger partial charge in [-0.1, -0.05) is 23.7 Å². The van der Waals surface area contributed by atoms with Gasteiger partial charge in [-0.05, 0) is 31.9 Å². The van der Waals surface area contributed by atoms with Crippen LogP contribution in [0.15, 0.2) is 34.5 Å².